The van der Waals surface area contributed by atoms with Gasteiger partial charge in [-0.3, -0.25) is 4.79 Å². The van der Waals surface area contributed by atoms with Gasteiger partial charge in [-0.25, -0.2) is 4.98 Å². The van der Waals surface area contributed by atoms with Gasteiger partial charge in [0.15, 0.2) is 11.0 Å². The second-order valence-corrected chi connectivity index (χ2v) is 5.04. The Hall–Kier alpha value is -1.14. The molecule has 1 fully saturated rings. The molecule has 19 heavy (non-hydrogen) atoms. The van der Waals surface area contributed by atoms with Gasteiger partial charge in [-0.05, 0) is 24.4 Å². The van der Waals surface area contributed by atoms with Crippen LogP contribution in [0.5, 0.6) is 0 Å². The molecule has 1 aliphatic rings. The lowest BCUT2D eigenvalue weighted by Crippen LogP contribution is -2.36. The van der Waals surface area contributed by atoms with E-state index in [1.807, 2.05) is 0 Å². The first-order valence-electron chi connectivity index (χ1n) is 5.89. The Morgan fingerprint density at radius 2 is 2.11 bits per heavy atom. The van der Waals surface area contributed by atoms with Gasteiger partial charge in [0.05, 0.1) is 5.92 Å². The van der Waals surface area contributed by atoms with Crippen LogP contribution in [0.2, 0.25) is 10.4 Å². The van der Waals surface area contributed by atoms with Crippen LogP contribution in [0.1, 0.15) is 19.3 Å². The van der Waals surface area contributed by atoms with Gasteiger partial charge in [-0.15, -0.1) is 0 Å². The van der Waals surface area contributed by atoms with Crippen molar-refractivity contribution in [1.82, 2.24) is 15.3 Å². The van der Waals surface area contributed by atoms with Gasteiger partial charge >= 0.3 is 0 Å². The quantitative estimate of drug-likeness (QED) is 0.664. The summed E-state index contributed by atoms with van der Waals surface area (Å²) in [7, 11) is 1.58. The lowest BCUT2D eigenvalue weighted by atomic mass is 10.0. The molecule has 1 aliphatic carbocycles. The van der Waals surface area contributed by atoms with E-state index in [0.717, 1.165) is 19.3 Å². The summed E-state index contributed by atoms with van der Waals surface area (Å²) < 4.78 is 13.8. The first-order valence-corrected chi connectivity index (χ1v) is 6.65. The van der Waals surface area contributed by atoms with E-state index < -0.39 is 5.82 Å². The molecule has 1 aromatic rings. The van der Waals surface area contributed by atoms with Crippen LogP contribution >= 0.6 is 23.2 Å². The third-order valence-corrected chi connectivity index (χ3v) is 3.62. The molecule has 1 amide bonds. The zero-order valence-corrected chi connectivity index (χ0v) is 11.7. The zero-order chi connectivity index (χ0) is 14.0. The van der Waals surface area contributed by atoms with E-state index in [-0.39, 0.29) is 34.1 Å². The molecule has 2 unspecified atom stereocenters. The zero-order valence-electron chi connectivity index (χ0n) is 10.2. The van der Waals surface area contributed by atoms with Crippen LogP contribution in [0.3, 0.4) is 0 Å². The van der Waals surface area contributed by atoms with E-state index in [4.69, 9.17) is 23.2 Å². The van der Waals surface area contributed by atoms with E-state index in [0.29, 0.717) is 0 Å². The highest BCUT2D eigenvalue weighted by atomic mass is 35.5. The summed E-state index contributed by atoms with van der Waals surface area (Å²) in [5.74, 6) is -1.10. The molecule has 0 bridgehead atoms. The summed E-state index contributed by atoms with van der Waals surface area (Å²) in [5.41, 5.74) is 0. The number of anilines is 1. The Bertz CT molecular complexity index is 500. The molecule has 1 aromatic heterocycles. The van der Waals surface area contributed by atoms with E-state index in [1.54, 1.807) is 7.05 Å². The highest BCUT2D eigenvalue weighted by molar-refractivity contribution is 6.32. The number of carbonyl (C=O) groups is 1. The lowest BCUT2D eigenvalue weighted by Gasteiger charge is -2.20. The highest BCUT2D eigenvalue weighted by Gasteiger charge is 2.33. The molecule has 1 heterocycles. The molecule has 2 N–H and O–H groups in total. The fraction of sp³-hybridized carbons (Fsp3) is 0.545. The predicted molar refractivity (Wildman–Crippen MR) is 70.8 cm³/mol. The largest absolute Gasteiger partial charge is 0.364 e. The fourth-order valence-corrected chi connectivity index (χ4v) is 2.68. The predicted octanol–water partition coefficient (Wildman–Crippen LogP) is 2.25. The number of amides is 1. The van der Waals surface area contributed by atoms with Crippen LogP contribution in [-0.4, -0.2) is 29.0 Å². The van der Waals surface area contributed by atoms with Crippen LogP contribution in [0.25, 0.3) is 0 Å². The van der Waals surface area contributed by atoms with Crippen molar-refractivity contribution in [2.45, 2.75) is 25.3 Å². The molecule has 0 saturated heterocycles. The minimum Gasteiger partial charge on any atom is -0.364 e. The molecule has 1 saturated carbocycles. The number of rotatable bonds is 3. The van der Waals surface area contributed by atoms with Crippen molar-refractivity contribution in [3.63, 3.8) is 0 Å². The van der Waals surface area contributed by atoms with Gasteiger partial charge in [-0.1, -0.05) is 18.0 Å². The Morgan fingerprint density at radius 1 is 1.37 bits per heavy atom. The summed E-state index contributed by atoms with van der Waals surface area (Å²) in [5, 5.41) is 5.03. The smallest absolute Gasteiger partial charge is 0.225 e. The van der Waals surface area contributed by atoms with Crippen molar-refractivity contribution in [2.24, 2.45) is 5.92 Å². The van der Waals surface area contributed by atoms with Crippen LogP contribution < -0.4 is 10.6 Å². The lowest BCUT2D eigenvalue weighted by molar-refractivity contribution is -0.124. The number of halogens is 3. The van der Waals surface area contributed by atoms with Crippen molar-refractivity contribution < 1.29 is 9.18 Å². The third-order valence-electron chi connectivity index (χ3n) is 3.20. The molecule has 0 spiro atoms. The first kappa shape index (κ1) is 14.3. The average Bonchev–Trinajstić information content (AvgIpc) is 2.82. The molecule has 8 heteroatoms. The van der Waals surface area contributed by atoms with E-state index in [1.165, 1.54) is 0 Å². The highest BCUT2D eigenvalue weighted by Crippen LogP contribution is 2.30. The number of hydrogen-bond donors (Lipinski definition) is 2. The SMILES string of the molecule is CNC(=O)C1CCCC1Nc1nc(Cl)nc(Cl)c1F. The topological polar surface area (TPSA) is 66.9 Å². The van der Waals surface area contributed by atoms with E-state index >= 15 is 0 Å². The molecular formula is C11H13Cl2FN4O. The average molecular weight is 307 g/mol. The molecule has 0 aromatic carbocycles. The van der Waals surface area contributed by atoms with Gasteiger partial charge in [0.25, 0.3) is 0 Å². The van der Waals surface area contributed by atoms with Crippen LogP contribution in [0, 0.1) is 11.7 Å². The summed E-state index contributed by atoms with van der Waals surface area (Å²) in [6, 6.07) is -0.184. The molecule has 0 radical (unpaired) electrons. The molecule has 0 aliphatic heterocycles. The standard InChI is InChI=1S/C11H13Cl2FN4O/c1-15-10(19)5-3-2-4-6(5)16-9-7(14)8(12)17-11(13)18-9/h5-6H,2-4H2,1H3,(H,15,19)(H,16,17,18). The summed E-state index contributed by atoms with van der Waals surface area (Å²) in [6.07, 6.45) is 2.41. The number of hydrogen-bond acceptors (Lipinski definition) is 4. The molecule has 5 nitrogen and oxygen atoms in total. The summed E-state index contributed by atoms with van der Waals surface area (Å²) in [4.78, 5) is 19.0. The second-order valence-electron chi connectivity index (χ2n) is 4.35. The van der Waals surface area contributed by atoms with E-state index in [2.05, 4.69) is 20.6 Å². The maximum absolute atomic E-state index is 13.8. The maximum Gasteiger partial charge on any atom is 0.225 e. The normalized spacial score (nSPS) is 22.3. The van der Waals surface area contributed by atoms with Crippen LogP contribution in [0.15, 0.2) is 0 Å². The Labute approximate surface area is 119 Å². The van der Waals surface area contributed by atoms with Gasteiger partial charge < -0.3 is 10.6 Å². The first-order chi connectivity index (χ1) is 9.02. The van der Waals surface area contributed by atoms with Crippen molar-refractivity contribution in [2.75, 3.05) is 12.4 Å². The summed E-state index contributed by atoms with van der Waals surface area (Å²) >= 11 is 11.2. The third kappa shape index (κ3) is 3.06. The Kier molecular flexibility index (Phi) is 4.42. The van der Waals surface area contributed by atoms with Crippen molar-refractivity contribution in [1.29, 1.82) is 0 Å². The Morgan fingerprint density at radius 3 is 2.79 bits per heavy atom. The van der Waals surface area contributed by atoms with Gasteiger partial charge in [0, 0.05) is 13.1 Å². The minimum absolute atomic E-state index is 0.0641. The monoisotopic (exact) mass is 306 g/mol. The molecule has 104 valence electrons. The summed E-state index contributed by atoms with van der Waals surface area (Å²) in [6.45, 7) is 0. The van der Waals surface area contributed by atoms with Gasteiger partial charge in [0.1, 0.15) is 0 Å². The molecule has 2 atom stereocenters. The maximum atomic E-state index is 13.8. The minimum atomic E-state index is -0.756. The molecule has 2 rings (SSSR count). The van der Waals surface area contributed by atoms with Crippen molar-refractivity contribution in [3.8, 4) is 0 Å². The number of carbonyl (C=O) groups excluding carboxylic acids is 1. The Balaban J connectivity index is 2.19. The van der Waals surface area contributed by atoms with Crippen LogP contribution in [0.4, 0.5) is 10.2 Å². The second kappa shape index (κ2) is 5.88. The molecular weight excluding hydrogens is 294 g/mol. The van der Waals surface area contributed by atoms with E-state index in [9.17, 15) is 9.18 Å². The number of nitrogens with zero attached hydrogens (tertiary/aromatic N) is 2. The van der Waals surface area contributed by atoms with Crippen LogP contribution in [-0.2, 0) is 4.79 Å². The fourth-order valence-electron chi connectivity index (χ4n) is 2.30. The van der Waals surface area contributed by atoms with Crippen molar-refractivity contribution >= 4 is 34.9 Å². The van der Waals surface area contributed by atoms with Gasteiger partial charge in [-0.2, -0.15) is 9.37 Å². The van der Waals surface area contributed by atoms with Crippen molar-refractivity contribution in [3.05, 3.63) is 16.3 Å². The number of nitrogens with one attached hydrogen (secondary N) is 2. The van der Waals surface area contributed by atoms with Gasteiger partial charge in [0.2, 0.25) is 17.0 Å². The number of aromatic nitrogens is 2.